The molecule has 0 amide bonds. The topological polar surface area (TPSA) is 56.7 Å². The minimum Gasteiger partial charge on any atom is -0.456 e. The van der Waals surface area contributed by atoms with Gasteiger partial charge in [-0.15, -0.1) is 0 Å². The number of para-hydroxylation sites is 1. The van der Waals surface area contributed by atoms with Crippen LogP contribution in [0.25, 0.3) is 66.7 Å². The fraction of sp³-hybridized carbons (Fsp3) is 0.0882. The van der Waals surface area contributed by atoms with Crippen LogP contribution in [0.5, 0.6) is 0 Å². The van der Waals surface area contributed by atoms with Crippen LogP contribution in [0.2, 0.25) is 0 Å². The summed E-state index contributed by atoms with van der Waals surface area (Å²) in [6.07, 6.45) is 8.26. The molecule has 0 aliphatic heterocycles. The van der Waals surface area contributed by atoms with E-state index in [1.807, 2.05) is 30.3 Å². The van der Waals surface area contributed by atoms with Crippen LogP contribution >= 0.6 is 0 Å². The lowest BCUT2D eigenvalue weighted by molar-refractivity contribution is 0.669. The second-order valence-electron chi connectivity index (χ2n) is 10.1. The third kappa shape index (κ3) is 3.51. The zero-order chi connectivity index (χ0) is 25.9. The maximum Gasteiger partial charge on any atom is 0.238 e. The number of hydrogen-bond donors (Lipinski definition) is 0. The van der Waals surface area contributed by atoms with Crippen molar-refractivity contribution in [1.29, 1.82) is 0 Å². The number of hydrogen-bond acceptors (Lipinski definition) is 4. The molecule has 3 heterocycles. The molecule has 1 aliphatic rings. The molecule has 0 unspecified atom stereocenters. The molecule has 0 spiro atoms. The molecule has 3 aromatic heterocycles. The Morgan fingerprint density at radius 1 is 0.692 bits per heavy atom. The van der Waals surface area contributed by atoms with Crippen molar-refractivity contribution < 1.29 is 4.42 Å². The zero-order valence-corrected chi connectivity index (χ0v) is 21.4. The molecule has 8 rings (SSSR count). The normalized spacial score (nSPS) is 13.6. The minimum absolute atomic E-state index is 0.604. The van der Waals surface area contributed by atoms with Gasteiger partial charge in [-0.1, -0.05) is 78.4 Å². The summed E-state index contributed by atoms with van der Waals surface area (Å²) in [5.41, 5.74) is 7.10. The van der Waals surface area contributed by atoms with E-state index >= 15 is 0 Å². The largest absolute Gasteiger partial charge is 0.456 e. The van der Waals surface area contributed by atoms with Crippen molar-refractivity contribution in [3.8, 4) is 17.3 Å². The van der Waals surface area contributed by atoms with Crippen molar-refractivity contribution in [3.05, 3.63) is 115 Å². The van der Waals surface area contributed by atoms with Crippen LogP contribution < -0.4 is 0 Å². The summed E-state index contributed by atoms with van der Waals surface area (Å²) >= 11 is 0. The second kappa shape index (κ2) is 8.50. The molecule has 7 aromatic rings. The van der Waals surface area contributed by atoms with Crippen LogP contribution in [0, 0.1) is 6.92 Å². The van der Waals surface area contributed by atoms with E-state index in [2.05, 4.69) is 84.3 Å². The SMILES string of the molecule is Cc1ccc2oc3cc4c(cc3c2c1)c1ccccc1n4-c1nc(C2=CC=CCC2)nc(-c2ccccc2)n1. The minimum atomic E-state index is 0.604. The Labute approximate surface area is 224 Å². The average molecular weight is 505 g/mol. The Kier molecular flexibility index (Phi) is 4.79. The highest BCUT2D eigenvalue weighted by atomic mass is 16.3. The van der Waals surface area contributed by atoms with Crippen LogP contribution in [0.4, 0.5) is 0 Å². The lowest BCUT2D eigenvalue weighted by Gasteiger charge is -2.13. The molecule has 4 aromatic carbocycles. The number of furan rings is 1. The summed E-state index contributed by atoms with van der Waals surface area (Å²) in [6, 6.07) is 29.3. The first-order valence-electron chi connectivity index (χ1n) is 13.3. The number of fused-ring (bicyclic) bond motifs is 6. The molecule has 5 nitrogen and oxygen atoms in total. The number of allylic oxidation sites excluding steroid dienone is 4. The van der Waals surface area contributed by atoms with E-state index in [1.165, 1.54) is 5.56 Å². The third-order valence-electron chi connectivity index (χ3n) is 7.58. The number of rotatable bonds is 3. The van der Waals surface area contributed by atoms with E-state index in [1.54, 1.807) is 0 Å². The molecule has 0 N–H and O–H groups in total. The zero-order valence-electron chi connectivity index (χ0n) is 21.4. The highest BCUT2D eigenvalue weighted by Gasteiger charge is 2.20. The number of nitrogens with zero attached hydrogens (tertiary/aromatic N) is 4. The van der Waals surface area contributed by atoms with Gasteiger partial charge in [0.15, 0.2) is 11.6 Å². The molecule has 186 valence electrons. The van der Waals surface area contributed by atoms with Crippen molar-refractivity contribution in [3.63, 3.8) is 0 Å². The van der Waals surface area contributed by atoms with Gasteiger partial charge in [-0.05, 0) is 49.6 Å². The van der Waals surface area contributed by atoms with Crippen molar-refractivity contribution in [2.75, 3.05) is 0 Å². The average Bonchev–Trinajstić information content (AvgIpc) is 3.51. The van der Waals surface area contributed by atoms with Crippen LogP contribution in [-0.4, -0.2) is 19.5 Å². The van der Waals surface area contributed by atoms with Crippen molar-refractivity contribution >= 4 is 49.3 Å². The lowest BCUT2D eigenvalue weighted by atomic mass is 10.0. The fourth-order valence-electron chi connectivity index (χ4n) is 5.68. The number of aryl methyl sites for hydroxylation is 1. The molecular weight excluding hydrogens is 480 g/mol. The molecule has 0 atom stereocenters. The van der Waals surface area contributed by atoms with E-state index in [4.69, 9.17) is 19.4 Å². The first-order chi connectivity index (χ1) is 19.2. The number of aromatic nitrogens is 4. The summed E-state index contributed by atoms with van der Waals surface area (Å²) < 4.78 is 8.48. The van der Waals surface area contributed by atoms with Crippen LogP contribution in [0.3, 0.4) is 0 Å². The van der Waals surface area contributed by atoms with E-state index in [0.717, 1.165) is 73.5 Å². The Morgan fingerprint density at radius 2 is 1.51 bits per heavy atom. The predicted molar refractivity (Wildman–Crippen MR) is 158 cm³/mol. The van der Waals surface area contributed by atoms with E-state index < -0.39 is 0 Å². The van der Waals surface area contributed by atoms with Gasteiger partial charge in [-0.3, -0.25) is 4.57 Å². The van der Waals surface area contributed by atoms with E-state index in [0.29, 0.717) is 11.8 Å². The van der Waals surface area contributed by atoms with E-state index in [9.17, 15) is 0 Å². The van der Waals surface area contributed by atoms with Gasteiger partial charge in [0.2, 0.25) is 5.95 Å². The van der Waals surface area contributed by atoms with Crippen LogP contribution in [-0.2, 0) is 0 Å². The molecule has 5 heteroatoms. The van der Waals surface area contributed by atoms with Crippen LogP contribution in [0.1, 0.15) is 24.2 Å². The Bertz CT molecular complexity index is 2130. The van der Waals surface area contributed by atoms with Crippen molar-refractivity contribution in [1.82, 2.24) is 19.5 Å². The monoisotopic (exact) mass is 504 g/mol. The van der Waals surface area contributed by atoms with Gasteiger partial charge in [0, 0.05) is 33.2 Å². The van der Waals surface area contributed by atoms with Gasteiger partial charge >= 0.3 is 0 Å². The lowest BCUT2D eigenvalue weighted by Crippen LogP contribution is -2.08. The summed E-state index contributed by atoms with van der Waals surface area (Å²) in [7, 11) is 0. The Hall–Kier alpha value is -5.03. The first-order valence-corrected chi connectivity index (χ1v) is 13.3. The van der Waals surface area contributed by atoms with E-state index in [-0.39, 0.29) is 0 Å². The highest BCUT2D eigenvalue weighted by molar-refractivity contribution is 6.17. The maximum atomic E-state index is 6.33. The second-order valence-corrected chi connectivity index (χ2v) is 10.1. The maximum absolute atomic E-state index is 6.33. The Balaban J connectivity index is 1.46. The van der Waals surface area contributed by atoms with Crippen molar-refractivity contribution in [2.45, 2.75) is 19.8 Å². The predicted octanol–water partition coefficient (Wildman–Crippen LogP) is 8.58. The van der Waals surface area contributed by atoms with Gasteiger partial charge in [0.1, 0.15) is 11.2 Å². The molecular formula is C34H24N4O. The smallest absolute Gasteiger partial charge is 0.238 e. The quantitative estimate of drug-likeness (QED) is 0.242. The highest BCUT2D eigenvalue weighted by Crippen LogP contribution is 2.38. The first kappa shape index (κ1) is 22.0. The van der Waals surface area contributed by atoms with Gasteiger partial charge < -0.3 is 4.42 Å². The van der Waals surface area contributed by atoms with Crippen LogP contribution in [0.15, 0.2) is 108 Å². The molecule has 0 radical (unpaired) electrons. The molecule has 0 saturated heterocycles. The summed E-state index contributed by atoms with van der Waals surface area (Å²) in [6.45, 7) is 2.11. The summed E-state index contributed by atoms with van der Waals surface area (Å²) in [5, 5.41) is 4.55. The third-order valence-corrected chi connectivity index (χ3v) is 7.58. The van der Waals surface area contributed by atoms with Gasteiger partial charge in [0.05, 0.1) is 11.0 Å². The standard InChI is InChI=1S/C34H24N4O/c1-21-16-17-30-26(18-21)27-19-25-24-14-8-9-15-28(24)38(29(25)20-31(27)39-30)34-36-32(22-10-4-2-5-11-22)35-33(37-34)23-12-6-3-7-13-23/h2-6,8-12,14-20H,7,13H2,1H3. The molecule has 0 fully saturated rings. The van der Waals surface area contributed by atoms with Gasteiger partial charge in [0.25, 0.3) is 0 Å². The molecule has 0 saturated carbocycles. The Morgan fingerprint density at radius 3 is 2.38 bits per heavy atom. The van der Waals surface area contributed by atoms with Gasteiger partial charge in [-0.2, -0.15) is 9.97 Å². The molecule has 0 bridgehead atoms. The number of benzene rings is 4. The summed E-state index contributed by atoms with van der Waals surface area (Å²) in [5.74, 6) is 1.98. The fourth-order valence-corrected chi connectivity index (χ4v) is 5.68. The van der Waals surface area contributed by atoms with Gasteiger partial charge in [-0.25, -0.2) is 4.98 Å². The molecule has 1 aliphatic carbocycles. The summed E-state index contributed by atoms with van der Waals surface area (Å²) in [4.78, 5) is 15.0. The molecule has 39 heavy (non-hydrogen) atoms. The van der Waals surface area contributed by atoms with Crippen molar-refractivity contribution in [2.24, 2.45) is 0 Å².